The number of methoxy groups -OCH3 is 1. The van der Waals surface area contributed by atoms with E-state index in [4.69, 9.17) is 10.5 Å². The summed E-state index contributed by atoms with van der Waals surface area (Å²) in [7, 11) is 1.63. The first-order chi connectivity index (χ1) is 13.0. The number of aryl methyl sites for hydroxylation is 1. The Labute approximate surface area is 165 Å². The van der Waals surface area contributed by atoms with Gasteiger partial charge in [-0.3, -0.25) is 9.59 Å². The van der Waals surface area contributed by atoms with E-state index in [1.165, 1.54) is 11.8 Å². The Hall–Kier alpha value is -2.32. The summed E-state index contributed by atoms with van der Waals surface area (Å²) in [5, 5.41) is 1.18. The number of carbonyl (C=O) groups is 1. The molecule has 2 aromatic heterocycles. The minimum absolute atomic E-state index is 0.147. The largest absolute Gasteiger partial charge is 0.497 e. The molecule has 0 unspecified atom stereocenters. The summed E-state index contributed by atoms with van der Waals surface area (Å²) >= 11 is 2.97. The van der Waals surface area contributed by atoms with Crippen molar-refractivity contribution in [1.29, 1.82) is 0 Å². The zero-order chi connectivity index (χ0) is 19.4. The zero-order valence-corrected chi connectivity index (χ0v) is 16.8. The number of hydrogen-bond donors (Lipinski definition) is 2. The van der Waals surface area contributed by atoms with Gasteiger partial charge >= 0.3 is 0 Å². The number of primary amides is 1. The molecule has 0 saturated heterocycles. The molecule has 0 radical (unpaired) electrons. The average molecular weight is 404 g/mol. The van der Waals surface area contributed by atoms with Crippen LogP contribution in [0.15, 0.2) is 34.2 Å². The Balaban J connectivity index is 2.00. The second-order valence-electron chi connectivity index (χ2n) is 5.96. The molecule has 3 aromatic rings. The van der Waals surface area contributed by atoms with Crippen molar-refractivity contribution in [2.45, 2.75) is 31.3 Å². The van der Waals surface area contributed by atoms with E-state index < -0.39 is 0 Å². The highest BCUT2D eigenvalue weighted by Gasteiger charge is 2.18. The van der Waals surface area contributed by atoms with Gasteiger partial charge in [-0.1, -0.05) is 30.8 Å². The minimum atomic E-state index is -0.318. The van der Waals surface area contributed by atoms with Gasteiger partial charge in [-0.05, 0) is 30.5 Å². The van der Waals surface area contributed by atoms with Crippen LogP contribution in [-0.2, 0) is 11.2 Å². The maximum atomic E-state index is 12.8. The molecule has 0 saturated carbocycles. The maximum absolute atomic E-state index is 12.8. The van der Waals surface area contributed by atoms with Crippen molar-refractivity contribution in [3.63, 3.8) is 0 Å². The summed E-state index contributed by atoms with van der Waals surface area (Å²) < 4.78 is 5.33. The lowest BCUT2D eigenvalue weighted by Crippen LogP contribution is -2.11. The summed E-state index contributed by atoms with van der Waals surface area (Å²) in [6, 6.07) is 7.72. The first kappa shape index (κ1) is 19.4. The molecular weight excluding hydrogens is 382 g/mol. The van der Waals surface area contributed by atoms with Crippen molar-refractivity contribution in [1.82, 2.24) is 9.97 Å². The SMILES string of the molecule is CCc1sc2nc(SCCCC(N)=O)[nH]c(=O)c2c1-c1cccc(OC)c1. The summed E-state index contributed by atoms with van der Waals surface area (Å²) in [4.78, 5) is 33.0. The normalized spacial score (nSPS) is 11.0. The lowest BCUT2D eigenvalue weighted by Gasteiger charge is -2.06. The molecule has 27 heavy (non-hydrogen) atoms. The molecule has 0 fully saturated rings. The van der Waals surface area contributed by atoms with E-state index in [0.717, 1.165) is 33.0 Å². The maximum Gasteiger partial charge on any atom is 0.260 e. The summed E-state index contributed by atoms with van der Waals surface area (Å²) in [6.07, 6.45) is 1.80. The molecule has 2 heterocycles. The molecule has 0 aliphatic rings. The molecule has 142 valence electrons. The molecule has 3 N–H and O–H groups in total. The van der Waals surface area contributed by atoms with E-state index in [1.807, 2.05) is 24.3 Å². The number of nitrogens with zero attached hydrogens (tertiary/aromatic N) is 1. The van der Waals surface area contributed by atoms with Gasteiger partial charge < -0.3 is 15.5 Å². The highest BCUT2D eigenvalue weighted by Crippen LogP contribution is 2.38. The van der Waals surface area contributed by atoms with Gasteiger partial charge in [0.15, 0.2) is 5.16 Å². The van der Waals surface area contributed by atoms with Gasteiger partial charge in [0, 0.05) is 22.6 Å². The van der Waals surface area contributed by atoms with Crippen LogP contribution >= 0.6 is 23.1 Å². The Morgan fingerprint density at radius 1 is 1.41 bits per heavy atom. The molecule has 1 amide bonds. The predicted molar refractivity (Wildman–Crippen MR) is 111 cm³/mol. The Morgan fingerprint density at radius 3 is 2.93 bits per heavy atom. The van der Waals surface area contributed by atoms with Crippen molar-refractivity contribution in [3.05, 3.63) is 39.5 Å². The molecule has 0 atom stereocenters. The van der Waals surface area contributed by atoms with E-state index >= 15 is 0 Å². The summed E-state index contributed by atoms with van der Waals surface area (Å²) in [5.41, 5.74) is 6.88. The third kappa shape index (κ3) is 4.33. The van der Waals surface area contributed by atoms with Gasteiger partial charge in [-0.2, -0.15) is 0 Å². The van der Waals surface area contributed by atoms with E-state index in [2.05, 4.69) is 16.9 Å². The van der Waals surface area contributed by atoms with Gasteiger partial charge in [-0.25, -0.2) is 4.98 Å². The van der Waals surface area contributed by atoms with Crippen molar-refractivity contribution < 1.29 is 9.53 Å². The standard InChI is InChI=1S/C19H21N3O3S2/c1-3-13-15(11-6-4-7-12(10-11)25-2)16-17(24)21-19(22-18(16)27-13)26-9-5-8-14(20)23/h4,6-7,10H,3,5,8-9H2,1-2H3,(H2,20,23)(H,21,22,24). The monoisotopic (exact) mass is 403 g/mol. The first-order valence-corrected chi connectivity index (χ1v) is 10.4. The van der Waals surface area contributed by atoms with E-state index in [1.54, 1.807) is 18.4 Å². The van der Waals surface area contributed by atoms with Crippen molar-refractivity contribution in [3.8, 4) is 16.9 Å². The zero-order valence-electron chi connectivity index (χ0n) is 15.2. The summed E-state index contributed by atoms with van der Waals surface area (Å²) in [5.74, 6) is 1.10. The fourth-order valence-corrected chi connectivity index (χ4v) is 4.84. The fourth-order valence-electron chi connectivity index (χ4n) is 2.85. The van der Waals surface area contributed by atoms with Crippen LogP contribution in [0.3, 0.4) is 0 Å². The number of aromatic amines is 1. The van der Waals surface area contributed by atoms with Crippen LogP contribution in [0.4, 0.5) is 0 Å². The second kappa shape index (κ2) is 8.58. The molecule has 8 heteroatoms. The molecule has 0 spiro atoms. The van der Waals surface area contributed by atoms with Gasteiger partial charge in [-0.15, -0.1) is 11.3 Å². The van der Waals surface area contributed by atoms with E-state index in [0.29, 0.717) is 29.1 Å². The number of thiophene rings is 1. The molecular formula is C19H21N3O3S2. The molecule has 0 aliphatic carbocycles. The molecule has 3 rings (SSSR count). The Bertz CT molecular complexity index is 1030. The van der Waals surface area contributed by atoms with E-state index in [9.17, 15) is 9.59 Å². The number of nitrogens with one attached hydrogen (secondary N) is 1. The number of thioether (sulfide) groups is 1. The summed E-state index contributed by atoms with van der Waals surface area (Å²) in [6.45, 7) is 2.07. The number of ether oxygens (including phenoxy) is 1. The molecule has 1 aromatic carbocycles. The number of benzene rings is 1. The van der Waals surface area contributed by atoms with Crippen LogP contribution in [0.1, 0.15) is 24.6 Å². The topological polar surface area (TPSA) is 98.1 Å². The minimum Gasteiger partial charge on any atom is -0.497 e. The first-order valence-electron chi connectivity index (χ1n) is 8.64. The van der Waals surface area contributed by atoms with Gasteiger partial charge in [0.25, 0.3) is 5.56 Å². The van der Waals surface area contributed by atoms with Crippen molar-refractivity contribution in [2.75, 3.05) is 12.9 Å². The van der Waals surface area contributed by atoms with Crippen LogP contribution < -0.4 is 16.0 Å². The number of nitrogens with two attached hydrogens (primary N) is 1. The number of hydrogen-bond acceptors (Lipinski definition) is 6. The molecule has 6 nitrogen and oxygen atoms in total. The number of fused-ring (bicyclic) bond motifs is 1. The number of amides is 1. The lowest BCUT2D eigenvalue weighted by molar-refractivity contribution is -0.118. The molecule has 0 aliphatic heterocycles. The van der Waals surface area contributed by atoms with Crippen LogP contribution in [-0.4, -0.2) is 28.7 Å². The van der Waals surface area contributed by atoms with Crippen LogP contribution in [0.25, 0.3) is 21.3 Å². The third-order valence-corrected chi connectivity index (χ3v) is 6.29. The van der Waals surface area contributed by atoms with Crippen molar-refractivity contribution >= 4 is 39.2 Å². The Kier molecular flexibility index (Phi) is 6.18. The third-order valence-electron chi connectivity index (χ3n) is 4.10. The molecule has 0 bridgehead atoms. The number of rotatable bonds is 8. The Morgan fingerprint density at radius 2 is 2.22 bits per heavy atom. The second-order valence-corrected chi connectivity index (χ2v) is 8.12. The highest BCUT2D eigenvalue weighted by molar-refractivity contribution is 7.99. The number of H-pyrrole nitrogens is 1. The fraction of sp³-hybridized carbons (Fsp3) is 0.316. The van der Waals surface area contributed by atoms with Gasteiger partial charge in [0.05, 0.1) is 12.5 Å². The van der Waals surface area contributed by atoms with Crippen LogP contribution in [0, 0.1) is 0 Å². The van der Waals surface area contributed by atoms with Gasteiger partial charge in [0.1, 0.15) is 10.6 Å². The smallest absolute Gasteiger partial charge is 0.260 e. The van der Waals surface area contributed by atoms with E-state index in [-0.39, 0.29) is 11.5 Å². The quantitative estimate of drug-likeness (QED) is 0.340. The van der Waals surface area contributed by atoms with Crippen LogP contribution in [0.5, 0.6) is 5.75 Å². The lowest BCUT2D eigenvalue weighted by atomic mass is 10.0. The van der Waals surface area contributed by atoms with Gasteiger partial charge in [0.2, 0.25) is 5.91 Å². The number of aromatic nitrogens is 2. The number of carbonyl (C=O) groups excluding carboxylic acids is 1. The predicted octanol–water partition coefficient (Wildman–Crippen LogP) is 3.58. The van der Waals surface area contributed by atoms with Crippen LogP contribution in [0.2, 0.25) is 0 Å². The average Bonchev–Trinajstić information content (AvgIpc) is 3.04. The highest BCUT2D eigenvalue weighted by atomic mass is 32.2. The van der Waals surface area contributed by atoms with Crippen molar-refractivity contribution in [2.24, 2.45) is 5.73 Å².